The van der Waals surface area contributed by atoms with Crippen molar-refractivity contribution in [3.8, 4) is 0 Å². The average Bonchev–Trinajstić information content (AvgIpc) is 2.74. The van der Waals surface area contributed by atoms with Crippen LogP contribution in [-0.4, -0.2) is 26.8 Å². The Hall–Kier alpha value is -0.970. The average molecular weight is 237 g/mol. The summed E-state index contributed by atoms with van der Waals surface area (Å²) in [5.41, 5.74) is 0.384. The van der Waals surface area contributed by atoms with E-state index in [0.29, 0.717) is 5.41 Å². The minimum absolute atomic E-state index is 0.384. The van der Waals surface area contributed by atoms with Crippen molar-refractivity contribution in [3.63, 3.8) is 0 Å². The van der Waals surface area contributed by atoms with Crippen LogP contribution in [0, 0.1) is 5.41 Å². The molecule has 17 heavy (non-hydrogen) atoms. The highest BCUT2D eigenvalue weighted by molar-refractivity contribution is 4.85. The van der Waals surface area contributed by atoms with Gasteiger partial charge in [-0.15, -0.1) is 5.10 Å². The van der Waals surface area contributed by atoms with Crippen molar-refractivity contribution in [2.24, 2.45) is 5.41 Å². The van der Waals surface area contributed by atoms with Crippen LogP contribution in [-0.2, 0) is 13.1 Å². The topological polar surface area (TPSA) is 55.6 Å². The monoisotopic (exact) mass is 237 g/mol. The number of hydrogen-bond acceptors (Lipinski definition) is 4. The van der Waals surface area contributed by atoms with Crippen LogP contribution in [0.15, 0.2) is 0 Å². The third-order valence-corrected chi connectivity index (χ3v) is 3.73. The second-order valence-corrected chi connectivity index (χ2v) is 5.40. The predicted octanol–water partition coefficient (Wildman–Crippen LogP) is 1.75. The lowest BCUT2D eigenvalue weighted by molar-refractivity contribution is 0.172. The Labute approximate surface area is 103 Å². The molecule has 1 saturated carbocycles. The van der Waals surface area contributed by atoms with Crippen LogP contribution < -0.4 is 5.32 Å². The summed E-state index contributed by atoms with van der Waals surface area (Å²) in [6.45, 7) is 7.13. The van der Waals surface area contributed by atoms with E-state index in [1.165, 1.54) is 32.1 Å². The second-order valence-electron chi connectivity index (χ2n) is 5.40. The van der Waals surface area contributed by atoms with Gasteiger partial charge in [0.15, 0.2) is 5.82 Å². The van der Waals surface area contributed by atoms with Crippen molar-refractivity contribution < 1.29 is 0 Å². The highest BCUT2D eigenvalue weighted by Gasteiger charge is 2.28. The van der Waals surface area contributed by atoms with Gasteiger partial charge in [0.05, 0.1) is 13.1 Å². The molecule has 5 nitrogen and oxygen atoms in total. The van der Waals surface area contributed by atoms with Gasteiger partial charge in [0.2, 0.25) is 0 Å². The van der Waals surface area contributed by atoms with Crippen LogP contribution in [0.25, 0.3) is 0 Å². The molecule has 1 aliphatic carbocycles. The summed E-state index contributed by atoms with van der Waals surface area (Å²) in [4.78, 5) is 0. The van der Waals surface area contributed by atoms with Gasteiger partial charge in [-0.2, -0.15) is 0 Å². The first-order valence-corrected chi connectivity index (χ1v) is 6.69. The van der Waals surface area contributed by atoms with Gasteiger partial charge < -0.3 is 5.32 Å². The molecule has 0 atom stereocenters. The molecule has 0 unspecified atom stereocenters. The maximum absolute atomic E-state index is 4.12. The fourth-order valence-corrected chi connectivity index (χ4v) is 2.63. The van der Waals surface area contributed by atoms with E-state index in [9.17, 15) is 0 Å². The van der Waals surface area contributed by atoms with Gasteiger partial charge in [0.25, 0.3) is 0 Å². The molecule has 0 spiro atoms. The highest BCUT2D eigenvalue weighted by Crippen LogP contribution is 2.37. The van der Waals surface area contributed by atoms with Gasteiger partial charge in [-0.05, 0) is 35.2 Å². The lowest BCUT2D eigenvalue weighted by Crippen LogP contribution is -2.28. The fourth-order valence-electron chi connectivity index (χ4n) is 2.63. The summed E-state index contributed by atoms with van der Waals surface area (Å²) < 4.78 is 1.98. The number of hydrogen-bond donors (Lipinski definition) is 1. The third-order valence-electron chi connectivity index (χ3n) is 3.73. The fraction of sp³-hybridized carbons (Fsp3) is 0.917. The summed E-state index contributed by atoms with van der Waals surface area (Å²) in [5.74, 6) is 0.957. The summed E-state index contributed by atoms with van der Waals surface area (Å²) in [6, 6.07) is 0. The van der Waals surface area contributed by atoms with Crippen molar-refractivity contribution in [3.05, 3.63) is 5.82 Å². The molecule has 0 aromatic carbocycles. The van der Waals surface area contributed by atoms with Crippen LogP contribution in [0.4, 0.5) is 0 Å². The molecule has 0 bridgehead atoms. The Balaban J connectivity index is 1.99. The maximum atomic E-state index is 4.12. The second kappa shape index (κ2) is 5.58. The number of tetrazole rings is 1. The molecular weight excluding hydrogens is 214 g/mol. The number of aromatic nitrogens is 4. The number of nitrogens with zero attached hydrogens (tertiary/aromatic N) is 4. The van der Waals surface area contributed by atoms with E-state index in [1.54, 1.807) is 0 Å². The SMILES string of the molecule is CCNCc1nnnn1CC1(C)CCCCC1. The highest BCUT2D eigenvalue weighted by atomic mass is 15.5. The Morgan fingerprint density at radius 3 is 2.76 bits per heavy atom. The van der Waals surface area contributed by atoms with Crippen LogP contribution in [0.3, 0.4) is 0 Å². The molecule has 0 saturated heterocycles. The molecule has 5 heteroatoms. The molecule has 1 aromatic rings. The Morgan fingerprint density at radius 1 is 1.29 bits per heavy atom. The van der Waals surface area contributed by atoms with E-state index in [-0.39, 0.29) is 0 Å². The van der Waals surface area contributed by atoms with Gasteiger partial charge >= 0.3 is 0 Å². The summed E-state index contributed by atoms with van der Waals surface area (Å²) >= 11 is 0. The standard InChI is InChI=1S/C12H23N5/c1-3-13-9-11-14-15-16-17(11)10-12(2)7-5-4-6-8-12/h13H,3-10H2,1-2H3. The molecule has 0 aliphatic heterocycles. The van der Waals surface area contributed by atoms with Crippen LogP contribution in [0.2, 0.25) is 0 Å². The Bertz CT molecular complexity index is 340. The van der Waals surface area contributed by atoms with Gasteiger partial charge in [-0.1, -0.05) is 33.1 Å². The van der Waals surface area contributed by atoms with E-state index < -0.39 is 0 Å². The lowest BCUT2D eigenvalue weighted by Gasteiger charge is -2.33. The summed E-state index contributed by atoms with van der Waals surface area (Å²) in [5, 5.41) is 15.3. The predicted molar refractivity (Wildman–Crippen MR) is 66.4 cm³/mol. The zero-order valence-electron chi connectivity index (χ0n) is 10.9. The Kier molecular flexibility index (Phi) is 4.10. The third kappa shape index (κ3) is 3.25. The first-order valence-electron chi connectivity index (χ1n) is 6.69. The van der Waals surface area contributed by atoms with E-state index in [4.69, 9.17) is 0 Å². The molecule has 0 amide bonds. The van der Waals surface area contributed by atoms with E-state index in [2.05, 4.69) is 34.7 Å². The molecule has 1 aromatic heterocycles. The van der Waals surface area contributed by atoms with Crippen LogP contribution in [0.5, 0.6) is 0 Å². The number of rotatable bonds is 5. The zero-order chi connectivity index (χ0) is 12.1. The first kappa shape index (κ1) is 12.5. The molecule has 96 valence electrons. The molecular formula is C12H23N5. The summed E-state index contributed by atoms with van der Waals surface area (Å²) in [6.07, 6.45) is 6.68. The zero-order valence-corrected chi connectivity index (χ0v) is 10.9. The molecule has 2 rings (SSSR count). The van der Waals surface area contributed by atoms with Gasteiger partial charge in [-0.25, -0.2) is 4.68 Å². The van der Waals surface area contributed by atoms with Crippen molar-refractivity contribution in [2.75, 3.05) is 6.54 Å². The van der Waals surface area contributed by atoms with E-state index in [0.717, 1.165) is 25.5 Å². The van der Waals surface area contributed by atoms with Gasteiger partial charge in [-0.3, -0.25) is 0 Å². The van der Waals surface area contributed by atoms with E-state index in [1.807, 2.05) is 4.68 Å². The molecule has 1 aliphatic rings. The van der Waals surface area contributed by atoms with Crippen molar-refractivity contribution >= 4 is 0 Å². The van der Waals surface area contributed by atoms with Gasteiger partial charge in [0.1, 0.15) is 0 Å². The lowest BCUT2D eigenvalue weighted by atomic mass is 9.76. The minimum atomic E-state index is 0.384. The molecule has 1 N–H and O–H groups in total. The molecule has 1 heterocycles. The number of nitrogens with one attached hydrogen (secondary N) is 1. The van der Waals surface area contributed by atoms with Crippen molar-refractivity contribution in [1.29, 1.82) is 0 Å². The van der Waals surface area contributed by atoms with Crippen LogP contribution >= 0.6 is 0 Å². The van der Waals surface area contributed by atoms with Crippen molar-refractivity contribution in [2.45, 2.75) is 59.0 Å². The quantitative estimate of drug-likeness (QED) is 0.847. The minimum Gasteiger partial charge on any atom is -0.310 e. The normalized spacial score (nSPS) is 19.4. The van der Waals surface area contributed by atoms with Crippen LogP contribution in [0.1, 0.15) is 51.8 Å². The van der Waals surface area contributed by atoms with Gasteiger partial charge in [0, 0.05) is 0 Å². The molecule has 0 radical (unpaired) electrons. The van der Waals surface area contributed by atoms with E-state index >= 15 is 0 Å². The largest absolute Gasteiger partial charge is 0.310 e. The first-order chi connectivity index (χ1) is 8.23. The Morgan fingerprint density at radius 2 is 2.06 bits per heavy atom. The smallest absolute Gasteiger partial charge is 0.165 e. The maximum Gasteiger partial charge on any atom is 0.165 e. The van der Waals surface area contributed by atoms with Crippen molar-refractivity contribution in [1.82, 2.24) is 25.5 Å². The summed E-state index contributed by atoms with van der Waals surface area (Å²) in [7, 11) is 0. The molecule has 1 fully saturated rings.